The molecule has 2 aromatic heterocycles. The second kappa shape index (κ2) is 11.1. The molecule has 1 saturated carbocycles. The first kappa shape index (κ1) is 23.7. The Morgan fingerprint density at radius 2 is 1.78 bits per heavy atom. The second-order valence-electron chi connectivity index (χ2n) is 9.06. The van der Waals surface area contributed by atoms with Crippen molar-refractivity contribution in [3.05, 3.63) is 84.6 Å². The summed E-state index contributed by atoms with van der Waals surface area (Å²) in [6.45, 7) is 0.977. The van der Waals surface area contributed by atoms with Gasteiger partial charge in [-0.05, 0) is 54.7 Å². The van der Waals surface area contributed by atoms with Gasteiger partial charge in [0.25, 0.3) is 0 Å². The van der Waals surface area contributed by atoms with Crippen molar-refractivity contribution >= 4 is 12.0 Å². The van der Waals surface area contributed by atoms with Crippen LogP contribution in [0.3, 0.4) is 0 Å². The van der Waals surface area contributed by atoms with Crippen LogP contribution in [0, 0.1) is 11.7 Å². The smallest absolute Gasteiger partial charge is 0.414 e. The van der Waals surface area contributed by atoms with E-state index in [9.17, 15) is 9.18 Å². The lowest BCUT2D eigenvalue weighted by Gasteiger charge is -2.23. The average Bonchev–Trinajstić information content (AvgIpc) is 3.32. The molecule has 4 aromatic rings. The molecule has 8 heteroatoms. The number of carbonyl (C=O) groups excluding carboxylic acids is 1. The van der Waals surface area contributed by atoms with E-state index in [4.69, 9.17) is 4.74 Å². The van der Waals surface area contributed by atoms with Crippen molar-refractivity contribution in [3.63, 3.8) is 0 Å². The average molecular weight is 486 g/mol. The fourth-order valence-electron chi connectivity index (χ4n) is 4.66. The van der Waals surface area contributed by atoms with Gasteiger partial charge in [-0.1, -0.05) is 49.6 Å². The Morgan fingerprint density at radius 3 is 2.56 bits per heavy atom. The predicted octanol–water partition coefficient (Wildman–Crippen LogP) is 6.48. The van der Waals surface area contributed by atoms with Crippen LogP contribution in [-0.4, -0.2) is 25.6 Å². The second-order valence-corrected chi connectivity index (χ2v) is 9.06. The number of aromatic nitrogens is 4. The Hall–Kier alpha value is -4.07. The van der Waals surface area contributed by atoms with Gasteiger partial charge in [0.2, 0.25) is 5.95 Å². The molecule has 184 valence electrons. The largest absolute Gasteiger partial charge is 0.444 e. The van der Waals surface area contributed by atoms with E-state index < -0.39 is 6.09 Å². The fourth-order valence-corrected chi connectivity index (χ4v) is 4.66. The first-order chi connectivity index (χ1) is 17.7. The number of nitrogens with one attached hydrogen (secondary N) is 1. The number of ether oxygens (including phenoxy) is 1. The highest BCUT2D eigenvalue weighted by Crippen LogP contribution is 2.33. The first-order valence-electron chi connectivity index (χ1n) is 12.3. The minimum Gasteiger partial charge on any atom is -0.444 e. The fraction of sp³-hybridized carbons (Fsp3) is 0.286. The molecule has 2 heterocycles. The van der Waals surface area contributed by atoms with E-state index in [-0.39, 0.29) is 18.4 Å². The predicted molar refractivity (Wildman–Crippen MR) is 135 cm³/mol. The topological polar surface area (TPSA) is 81.9 Å². The van der Waals surface area contributed by atoms with Gasteiger partial charge >= 0.3 is 6.09 Å². The highest BCUT2D eigenvalue weighted by atomic mass is 19.1. The molecule has 0 aliphatic heterocycles. The Labute approximate surface area is 209 Å². The molecule has 0 bridgehead atoms. The van der Waals surface area contributed by atoms with Crippen molar-refractivity contribution in [3.8, 4) is 22.6 Å². The van der Waals surface area contributed by atoms with E-state index in [0.717, 1.165) is 23.4 Å². The molecule has 0 spiro atoms. The molecule has 1 aliphatic rings. The van der Waals surface area contributed by atoms with Crippen molar-refractivity contribution in [2.24, 2.45) is 5.92 Å². The number of hydrogen-bond donors (Lipinski definition) is 1. The van der Waals surface area contributed by atoms with Crippen LogP contribution in [0.2, 0.25) is 0 Å². The van der Waals surface area contributed by atoms with Gasteiger partial charge in [-0.15, -0.1) is 0 Å². The maximum Gasteiger partial charge on any atom is 0.414 e. The maximum absolute atomic E-state index is 13.6. The number of rotatable bonds is 7. The molecule has 0 unspecified atom stereocenters. The highest BCUT2D eigenvalue weighted by Gasteiger charge is 2.21. The molecule has 0 atom stereocenters. The number of amides is 1. The number of halogens is 1. The summed E-state index contributed by atoms with van der Waals surface area (Å²) >= 11 is 0. The van der Waals surface area contributed by atoms with Crippen LogP contribution in [0.4, 0.5) is 15.1 Å². The van der Waals surface area contributed by atoms with Crippen LogP contribution in [0.1, 0.15) is 37.7 Å². The van der Waals surface area contributed by atoms with Gasteiger partial charge in [-0.3, -0.25) is 5.32 Å². The van der Waals surface area contributed by atoms with Crippen molar-refractivity contribution in [2.45, 2.75) is 45.3 Å². The third-order valence-corrected chi connectivity index (χ3v) is 6.46. The maximum atomic E-state index is 13.6. The molecule has 5 rings (SSSR count). The molecule has 7 nitrogen and oxygen atoms in total. The number of carbonyl (C=O) groups is 1. The van der Waals surface area contributed by atoms with E-state index in [0.29, 0.717) is 17.3 Å². The molecule has 1 fully saturated rings. The standard InChI is InChI=1S/C28H28FN5O2/c29-23-13-11-22(12-14-23)25-26(34(19-31-25)17-20-7-3-1-4-8-20)24-15-16-30-27(32-24)33-28(35)36-18-21-9-5-2-6-10-21/h2,5-6,9-16,19-20H,1,3-4,7-8,17-18H2,(H,30,32,33,35). The van der Waals surface area contributed by atoms with E-state index in [1.54, 1.807) is 24.4 Å². The SMILES string of the molecule is O=C(Nc1nccc(-c2c(-c3ccc(F)cc3)ncn2CC2CCCCC2)n1)OCc1ccccc1. The van der Waals surface area contributed by atoms with Gasteiger partial charge in [0.15, 0.2) is 0 Å². The Balaban J connectivity index is 1.40. The van der Waals surface area contributed by atoms with Crippen LogP contribution < -0.4 is 5.32 Å². The molecular formula is C28H28FN5O2. The summed E-state index contributed by atoms with van der Waals surface area (Å²) in [4.78, 5) is 25.9. The van der Waals surface area contributed by atoms with Gasteiger partial charge in [-0.2, -0.15) is 0 Å². The van der Waals surface area contributed by atoms with Gasteiger partial charge in [0, 0.05) is 18.3 Å². The summed E-state index contributed by atoms with van der Waals surface area (Å²) in [5.41, 5.74) is 3.83. The summed E-state index contributed by atoms with van der Waals surface area (Å²) in [6, 6.07) is 17.5. The quantitative estimate of drug-likeness (QED) is 0.324. The molecule has 1 amide bonds. The van der Waals surface area contributed by atoms with Crippen LogP contribution in [-0.2, 0) is 17.9 Å². The molecule has 1 N–H and O–H groups in total. The highest BCUT2D eigenvalue weighted by molar-refractivity contribution is 5.83. The zero-order valence-electron chi connectivity index (χ0n) is 19.9. The first-order valence-corrected chi connectivity index (χ1v) is 12.3. The minimum atomic E-state index is -0.634. The van der Waals surface area contributed by atoms with E-state index in [1.807, 2.05) is 36.7 Å². The third kappa shape index (κ3) is 5.76. The van der Waals surface area contributed by atoms with Crippen LogP contribution in [0.15, 0.2) is 73.2 Å². The monoisotopic (exact) mass is 485 g/mol. The number of imidazole rings is 1. The molecule has 36 heavy (non-hydrogen) atoms. The van der Waals surface area contributed by atoms with E-state index in [1.165, 1.54) is 44.2 Å². The number of nitrogens with zero attached hydrogens (tertiary/aromatic N) is 4. The molecule has 1 aliphatic carbocycles. The van der Waals surface area contributed by atoms with Crippen molar-refractivity contribution in [2.75, 3.05) is 5.32 Å². The summed E-state index contributed by atoms with van der Waals surface area (Å²) in [5, 5.41) is 2.62. The number of hydrogen-bond acceptors (Lipinski definition) is 5. The van der Waals surface area contributed by atoms with Crippen molar-refractivity contribution < 1.29 is 13.9 Å². The van der Waals surface area contributed by atoms with Crippen LogP contribution >= 0.6 is 0 Å². The van der Waals surface area contributed by atoms with Crippen LogP contribution in [0.25, 0.3) is 22.6 Å². The van der Waals surface area contributed by atoms with Gasteiger partial charge in [0.05, 0.1) is 23.4 Å². The normalized spacial score (nSPS) is 13.9. The number of anilines is 1. The van der Waals surface area contributed by atoms with E-state index >= 15 is 0 Å². The van der Waals surface area contributed by atoms with Gasteiger partial charge < -0.3 is 9.30 Å². The third-order valence-electron chi connectivity index (χ3n) is 6.46. The molecule has 0 radical (unpaired) electrons. The molecular weight excluding hydrogens is 457 g/mol. The molecule has 0 saturated heterocycles. The lowest BCUT2D eigenvalue weighted by Crippen LogP contribution is -2.16. The number of benzene rings is 2. The van der Waals surface area contributed by atoms with Gasteiger partial charge in [0.1, 0.15) is 12.4 Å². The molecule has 2 aromatic carbocycles. The van der Waals surface area contributed by atoms with Crippen molar-refractivity contribution in [1.29, 1.82) is 0 Å². The summed E-state index contributed by atoms with van der Waals surface area (Å²) in [7, 11) is 0. The zero-order valence-corrected chi connectivity index (χ0v) is 19.9. The lowest BCUT2D eigenvalue weighted by atomic mass is 9.89. The van der Waals surface area contributed by atoms with Gasteiger partial charge in [-0.25, -0.2) is 24.1 Å². The zero-order chi connectivity index (χ0) is 24.7. The summed E-state index contributed by atoms with van der Waals surface area (Å²) < 4.78 is 21.0. The van der Waals surface area contributed by atoms with E-state index in [2.05, 4.69) is 24.8 Å². The lowest BCUT2D eigenvalue weighted by molar-refractivity contribution is 0.155. The van der Waals surface area contributed by atoms with Crippen molar-refractivity contribution in [1.82, 2.24) is 19.5 Å². The Kier molecular flexibility index (Phi) is 7.30. The van der Waals surface area contributed by atoms with Crippen LogP contribution in [0.5, 0.6) is 0 Å². The minimum absolute atomic E-state index is 0.140. The summed E-state index contributed by atoms with van der Waals surface area (Å²) in [6.07, 6.45) is 8.94. The summed E-state index contributed by atoms with van der Waals surface area (Å²) in [5.74, 6) is 0.408. The Morgan fingerprint density at radius 1 is 1.00 bits per heavy atom. The Bertz CT molecular complexity index is 1300.